The lowest BCUT2D eigenvalue weighted by molar-refractivity contribution is -0.118. The highest BCUT2D eigenvalue weighted by Crippen LogP contribution is 2.35. The largest absolute Gasteiger partial charge is 0.497 e. The number of aryl methyl sites for hydroxylation is 1. The molecule has 168 valence electrons. The fourth-order valence-corrected chi connectivity index (χ4v) is 4.36. The van der Waals surface area contributed by atoms with Crippen LogP contribution in [0.15, 0.2) is 47.3 Å². The first-order valence-corrected chi connectivity index (χ1v) is 10.8. The summed E-state index contributed by atoms with van der Waals surface area (Å²) in [6, 6.07) is 13.5. The molecule has 4 N–H and O–H groups in total. The van der Waals surface area contributed by atoms with Crippen LogP contribution in [0.5, 0.6) is 11.5 Å². The number of nitrogens with one attached hydrogen (secondary N) is 2. The first-order chi connectivity index (χ1) is 15.3. The Morgan fingerprint density at radius 2 is 1.94 bits per heavy atom. The maximum atomic E-state index is 12.8. The van der Waals surface area contributed by atoms with E-state index < -0.39 is 11.8 Å². The van der Waals surface area contributed by atoms with Gasteiger partial charge in [-0.1, -0.05) is 24.3 Å². The van der Waals surface area contributed by atoms with Gasteiger partial charge in [-0.15, -0.1) is 0 Å². The summed E-state index contributed by atoms with van der Waals surface area (Å²) in [6.07, 6.45) is 2.46. The molecule has 32 heavy (non-hydrogen) atoms. The summed E-state index contributed by atoms with van der Waals surface area (Å²) < 4.78 is 11.3. The Labute approximate surface area is 186 Å². The van der Waals surface area contributed by atoms with Crippen molar-refractivity contribution in [1.29, 1.82) is 0 Å². The van der Waals surface area contributed by atoms with Crippen LogP contribution in [0.3, 0.4) is 0 Å². The van der Waals surface area contributed by atoms with Crippen LogP contribution in [-0.2, 0) is 17.6 Å². The molecule has 1 amide bonds. The van der Waals surface area contributed by atoms with Crippen molar-refractivity contribution in [3.63, 3.8) is 0 Å². The van der Waals surface area contributed by atoms with Gasteiger partial charge in [-0.05, 0) is 61.6 Å². The van der Waals surface area contributed by atoms with E-state index in [0.29, 0.717) is 17.7 Å². The van der Waals surface area contributed by atoms with Crippen molar-refractivity contribution in [2.75, 3.05) is 7.11 Å². The smallest absolute Gasteiger partial charge is 0.267 e. The number of amides is 1. The lowest BCUT2D eigenvalue weighted by Gasteiger charge is -2.32. The highest BCUT2D eigenvalue weighted by Gasteiger charge is 2.28. The number of ether oxygens (including phenoxy) is 2. The minimum absolute atomic E-state index is 0.0351. The van der Waals surface area contributed by atoms with Crippen molar-refractivity contribution in [2.45, 2.75) is 51.0 Å². The van der Waals surface area contributed by atoms with Gasteiger partial charge in [0.05, 0.1) is 7.11 Å². The second kappa shape index (κ2) is 8.57. The highest BCUT2D eigenvalue weighted by atomic mass is 16.5. The molecule has 3 aromatic rings. The second-order valence-electron chi connectivity index (χ2n) is 8.95. The third-order valence-corrected chi connectivity index (χ3v) is 6.06. The molecular formula is C25H29N3O4. The van der Waals surface area contributed by atoms with Crippen molar-refractivity contribution in [2.24, 2.45) is 5.73 Å². The summed E-state index contributed by atoms with van der Waals surface area (Å²) >= 11 is 0. The molecule has 4 rings (SSSR count). The molecule has 1 aromatic heterocycles. The maximum absolute atomic E-state index is 12.8. The molecule has 0 fully saturated rings. The van der Waals surface area contributed by atoms with E-state index in [1.54, 1.807) is 7.11 Å². The van der Waals surface area contributed by atoms with E-state index >= 15 is 0 Å². The first kappa shape index (κ1) is 21.7. The zero-order valence-electron chi connectivity index (χ0n) is 18.7. The predicted molar refractivity (Wildman–Crippen MR) is 122 cm³/mol. The molecule has 0 bridgehead atoms. The SMILES string of the molecule is COc1ccc(C(CC(N)=O)c2c(Cc3ccc4c(c3)CCC(C)(C)O4)[nH][nH]c2=O)cc1. The molecule has 1 aliphatic heterocycles. The molecule has 7 heteroatoms. The van der Waals surface area contributed by atoms with E-state index in [0.717, 1.165) is 35.4 Å². The summed E-state index contributed by atoms with van der Waals surface area (Å²) in [5, 5.41) is 5.71. The predicted octanol–water partition coefficient (Wildman–Crippen LogP) is 3.41. The third kappa shape index (κ3) is 4.56. The number of carbonyl (C=O) groups excluding carboxylic acids is 1. The molecule has 2 aromatic carbocycles. The second-order valence-corrected chi connectivity index (χ2v) is 8.95. The van der Waals surface area contributed by atoms with Crippen molar-refractivity contribution in [1.82, 2.24) is 10.2 Å². The van der Waals surface area contributed by atoms with Gasteiger partial charge in [-0.2, -0.15) is 0 Å². The van der Waals surface area contributed by atoms with Crippen LogP contribution >= 0.6 is 0 Å². The number of aromatic amines is 2. The maximum Gasteiger partial charge on any atom is 0.267 e. The first-order valence-electron chi connectivity index (χ1n) is 10.8. The van der Waals surface area contributed by atoms with Crippen LogP contribution in [0.4, 0.5) is 0 Å². The molecule has 0 radical (unpaired) electrons. The number of aromatic nitrogens is 2. The summed E-state index contributed by atoms with van der Waals surface area (Å²) in [4.78, 5) is 24.6. The topological polar surface area (TPSA) is 110 Å². The number of H-pyrrole nitrogens is 2. The molecule has 1 unspecified atom stereocenters. The Morgan fingerprint density at radius 3 is 2.62 bits per heavy atom. The monoisotopic (exact) mass is 435 g/mol. The molecule has 2 heterocycles. The normalized spacial score (nSPS) is 15.5. The van der Waals surface area contributed by atoms with E-state index in [4.69, 9.17) is 15.2 Å². The van der Waals surface area contributed by atoms with Crippen molar-refractivity contribution >= 4 is 5.91 Å². The highest BCUT2D eigenvalue weighted by molar-refractivity contribution is 5.75. The molecule has 0 spiro atoms. The number of rotatable bonds is 7. The fraction of sp³-hybridized carbons (Fsp3) is 0.360. The van der Waals surface area contributed by atoms with Crippen LogP contribution in [0.2, 0.25) is 0 Å². The van der Waals surface area contributed by atoms with Gasteiger partial charge >= 0.3 is 0 Å². The van der Waals surface area contributed by atoms with Gasteiger partial charge in [0.25, 0.3) is 5.56 Å². The van der Waals surface area contributed by atoms with Crippen LogP contribution in [-0.4, -0.2) is 28.8 Å². The van der Waals surface area contributed by atoms with Crippen molar-refractivity contribution < 1.29 is 14.3 Å². The summed E-state index contributed by atoms with van der Waals surface area (Å²) in [5.41, 5.74) is 9.48. The van der Waals surface area contributed by atoms with Gasteiger partial charge in [0.15, 0.2) is 0 Å². The zero-order valence-corrected chi connectivity index (χ0v) is 18.7. The number of benzene rings is 2. The van der Waals surface area contributed by atoms with Crippen LogP contribution in [0, 0.1) is 0 Å². The Bertz CT molecular complexity index is 1170. The number of primary amides is 1. The van der Waals surface area contributed by atoms with Crippen molar-refractivity contribution in [3.05, 3.63) is 80.8 Å². The van der Waals surface area contributed by atoms with E-state index in [-0.39, 0.29) is 17.6 Å². The molecule has 1 aliphatic rings. The standard InChI is InChI=1S/C25H29N3O4/c1-25(2)11-10-17-12-15(4-9-21(17)32-25)13-20-23(24(30)28-27-20)19(14-22(26)29)16-5-7-18(31-3)8-6-16/h4-9,12,19H,10-11,13-14H2,1-3H3,(H2,26,29)(H2,27,28,30). The number of carbonyl (C=O) groups is 1. The number of hydrogen-bond acceptors (Lipinski definition) is 4. The minimum atomic E-state index is -0.467. The zero-order chi connectivity index (χ0) is 22.9. The van der Waals surface area contributed by atoms with Crippen LogP contribution < -0.4 is 20.8 Å². The third-order valence-electron chi connectivity index (χ3n) is 6.06. The molecule has 1 atom stereocenters. The fourth-order valence-electron chi connectivity index (χ4n) is 4.36. The lowest BCUT2D eigenvalue weighted by Crippen LogP contribution is -2.32. The van der Waals surface area contributed by atoms with Crippen LogP contribution in [0.1, 0.15) is 60.6 Å². The van der Waals surface area contributed by atoms with E-state index in [2.05, 4.69) is 30.1 Å². The van der Waals surface area contributed by atoms with Gasteiger partial charge in [-0.3, -0.25) is 14.7 Å². The molecule has 0 aliphatic carbocycles. The van der Waals surface area contributed by atoms with E-state index in [1.807, 2.05) is 36.4 Å². The molecule has 0 saturated carbocycles. The van der Waals surface area contributed by atoms with E-state index in [1.165, 1.54) is 5.56 Å². The molecule has 0 saturated heterocycles. The van der Waals surface area contributed by atoms with Crippen molar-refractivity contribution in [3.8, 4) is 11.5 Å². The Hall–Kier alpha value is -3.48. The van der Waals surface area contributed by atoms with Gasteiger partial charge < -0.3 is 20.3 Å². The van der Waals surface area contributed by atoms with Gasteiger partial charge in [0, 0.05) is 30.0 Å². The number of methoxy groups -OCH3 is 1. The van der Waals surface area contributed by atoms with Crippen LogP contribution in [0.25, 0.3) is 0 Å². The van der Waals surface area contributed by atoms with Gasteiger partial charge in [0.1, 0.15) is 17.1 Å². The number of fused-ring (bicyclic) bond motifs is 1. The van der Waals surface area contributed by atoms with Gasteiger partial charge in [-0.25, -0.2) is 0 Å². The summed E-state index contributed by atoms with van der Waals surface area (Å²) in [5.74, 6) is 0.697. The average molecular weight is 436 g/mol. The average Bonchev–Trinajstić information content (AvgIpc) is 3.11. The number of hydrogen-bond donors (Lipinski definition) is 3. The van der Waals surface area contributed by atoms with Gasteiger partial charge in [0.2, 0.25) is 5.91 Å². The number of nitrogens with two attached hydrogens (primary N) is 1. The lowest BCUT2D eigenvalue weighted by atomic mass is 9.86. The minimum Gasteiger partial charge on any atom is -0.497 e. The van der Waals surface area contributed by atoms with E-state index in [9.17, 15) is 9.59 Å². The molecule has 7 nitrogen and oxygen atoms in total. The summed E-state index contributed by atoms with van der Waals surface area (Å²) in [7, 11) is 1.59. The Morgan fingerprint density at radius 1 is 1.19 bits per heavy atom. The quantitative estimate of drug-likeness (QED) is 0.528. The molecular weight excluding hydrogens is 406 g/mol. The Balaban J connectivity index is 1.67. The Kier molecular flexibility index (Phi) is 5.82. The summed E-state index contributed by atoms with van der Waals surface area (Å²) in [6.45, 7) is 4.19.